The highest BCUT2D eigenvalue weighted by Gasteiger charge is 2.13. The SMILES string of the molecule is Cl.c1ccc(CNc2ccc(CC3CCNCC3)cc2)cc1. The monoisotopic (exact) mass is 316 g/mol. The summed E-state index contributed by atoms with van der Waals surface area (Å²) in [6, 6.07) is 19.5. The third-order valence-corrected chi connectivity index (χ3v) is 4.28. The number of hydrogen-bond donors (Lipinski definition) is 2. The standard InChI is InChI=1S/C19H24N2.ClH/c1-2-4-18(5-3-1)15-21-19-8-6-16(7-9-19)14-17-10-12-20-13-11-17;/h1-9,17,20-21H,10-15H2;1H. The molecule has 0 bridgehead atoms. The highest BCUT2D eigenvalue weighted by Crippen LogP contribution is 2.19. The molecule has 2 nitrogen and oxygen atoms in total. The Hall–Kier alpha value is -1.51. The van der Waals surface area contributed by atoms with Crippen molar-refractivity contribution >= 4 is 18.1 Å². The molecule has 1 aliphatic rings. The van der Waals surface area contributed by atoms with E-state index in [0.29, 0.717) is 0 Å². The molecule has 1 saturated heterocycles. The van der Waals surface area contributed by atoms with Gasteiger partial charge in [0.2, 0.25) is 0 Å². The fraction of sp³-hybridized carbons (Fsp3) is 0.368. The average molecular weight is 317 g/mol. The number of anilines is 1. The molecule has 2 aromatic rings. The summed E-state index contributed by atoms with van der Waals surface area (Å²) in [6.45, 7) is 3.25. The van der Waals surface area contributed by atoms with Crippen LogP contribution < -0.4 is 10.6 Å². The van der Waals surface area contributed by atoms with Gasteiger partial charge in [0.25, 0.3) is 0 Å². The van der Waals surface area contributed by atoms with Gasteiger partial charge in [0, 0.05) is 12.2 Å². The fourth-order valence-corrected chi connectivity index (χ4v) is 2.98. The van der Waals surface area contributed by atoms with Crippen LogP contribution in [-0.4, -0.2) is 13.1 Å². The summed E-state index contributed by atoms with van der Waals surface area (Å²) in [5.74, 6) is 0.856. The minimum absolute atomic E-state index is 0. The number of halogens is 1. The van der Waals surface area contributed by atoms with Crippen LogP contribution in [0.15, 0.2) is 54.6 Å². The van der Waals surface area contributed by atoms with Crippen molar-refractivity contribution in [3.63, 3.8) is 0 Å². The summed E-state index contributed by atoms with van der Waals surface area (Å²) in [7, 11) is 0. The lowest BCUT2D eigenvalue weighted by molar-refractivity contribution is 0.372. The number of nitrogens with one attached hydrogen (secondary N) is 2. The fourth-order valence-electron chi connectivity index (χ4n) is 2.98. The van der Waals surface area contributed by atoms with Gasteiger partial charge in [-0.3, -0.25) is 0 Å². The molecule has 0 unspecified atom stereocenters. The normalized spacial score (nSPS) is 15.1. The first-order chi connectivity index (χ1) is 10.4. The molecule has 22 heavy (non-hydrogen) atoms. The van der Waals surface area contributed by atoms with Gasteiger partial charge < -0.3 is 10.6 Å². The van der Waals surface area contributed by atoms with E-state index in [4.69, 9.17) is 0 Å². The quantitative estimate of drug-likeness (QED) is 0.861. The molecule has 0 saturated carbocycles. The van der Waals surface area contributed by atoms with Crippen LogP contribution in [0.3, 0.4) is 0 Å². The molecule has 0 radical (unpaired) electrons. The smallest absolute Gasteiger partial charge is 0.0400 e. The lowest BCUT2D eigenvalue weighted by atomic mass is 9.91. The van der Waals surface area contributed by atoms with Crippen LogP contribution in [0.25, 0.3) is 0 Å². The third-order valence-electron chi connectivity index (χ3n) is 4.28. The van der Waals surface area contributed by atoms with E-state index in [1.54, 1.807) is 0 Å². The van der Waals surface area contributed by atoms with Crippen LogP contribution in [0.2, 0.25) is 0 Å². The Morgan fingerprint density at radius 2 is 1.55 bits per heavy atom. The first-order valence-corrected chi connectivity index (χ1v) is 7.97. The van der Waals surface area contributed by atoms with Gasteiger partial charge in [-0.25, -0.2) is 0 Å². The van der Waals surface area contributed by atoms with Gasteiger partial charge in [-0.2, -0.15) is 0 Å². The molecule has 0 aromatic heterocycles. The molecule has 0 atom stereocenters. The van der Waals surface area contributed by atoms with Gasteiger partial charge in [0.15, 0.2) is 0 Å². The van der Waals surface area contributed by atoms with Crippen LogP contribution in [-0.2, 0) is 13.0 Å². The first kappa shape index (κ1) is 16.9. The van der Waals surface area contributed by atoms with Gasteiger partial charge in [0.05, 0.1) is 0 Å². The van der Waals surface area contributed by atoms with Crippen LogP contribution in [0, 0.1) is 5.92 Å². The summed E-state index contributed by atoms with van der Waals surface area (Å²) in [5, 5.41) is 6.91. The summed E-state index contributed by atoms with van der Waals surface area (Å²) < 4.78 is 0. The summed E-state index contributed by atoms with van der Waals surface area (Å²) in [4.78, 5) is 0. The summed E-state index contributed by atoms with van der Waals surface area (Å²) in [6.07, 6.45) is 3.85. The van der Waals surface area contributed by atoms with E-state index < -0.39 is 0 Å². The van der Waals surface area contributed by atoms with E-state index in [0.717, 1.165) is 12.5 Å². The molecule has 0 aliphatic carbocycles. The van der Waals surface area contributed by atoms with Gasteiger partial charge in [-0.15, -0.1) is 12.4 Å². The second kappa shape index (κ2) is 8.82. The number of benzene rings is 2. The van der Waals surface area contributed by atoms with Crippen molar-refractivity contribution in [1.29, 1.82) is 0 Å². The van der Waals surface area contributed by atoms with E-state index in [9.17, 15) is 0 Å². The molecule has 118 valence electrons. The number of rotatable bonds is 5. The molecule has 2 N–H and O–H groups in total. The molecule has 3 rings (SSSR count). The highest BCUT2D eigenvalue weighted by molar-refractivity contribution is 5.85. The molecule has 2 aromatic carbocycles. The first-order valence-electron chi connectivity index (χ1n) is 7.97. The van der Waals surface area contributed by atoms with Gasteiger partial charge in [-0.1, -0.05) is 42.5 Å². The highest BCUT2D eigenvalue weighted by atomic mass is 35.5. The summed E-state index contributed by atoms with van der Waals surface area (Å²) in [5.41, 5.74) is 3.98. The molecule has 1 heterocycles. The third kappa shape index (κ3) is 5.04. The topological polar surface area (TPSA) is 24.1 Å². The van der Waals surface area contributed by atoms with E-state index in [1.165, 1.54) is 49.2 Å². The number of piperidine rings is 1. The Kier molecular flexibility index (Phi) is 6.75. The molecule has 0 amide bonds. The predicted molar refractivity (Wildman–Crippen MR) is 96.8 cm³/mol. The molecular formula is C19H25ClN2. The van der Waals surface area contributed by atoms with Crippen LogP contribution in [0.1, 0.15) is 24.0 Å². The maximum atomic E-state index is 3.48. The second-order valence-corrected chi connectivity index (χ2v) is 5.93. The largest absolute Gasteiger partial charge is 0.381 e. The van der Waals surface area contributed by atoms with Crippen molar-refractivity contribution in [2.45, 2.75) is 25.8 Å². The minimum atomic E-state index is 0. The van der Waals surface area contributed by atoms with Crippen LogP contribution in [0.4, 0.5) is 5.69 Å². The molecule has 1 aliphatic heterocycles. The van der Waals surface area contributed by atoms with Crippen molar-refractivity contribution in [3.05, 3.63) is 65.7 Å². The average Bonchev–Trinajstić information content (AvgIpc) is 2.56. The Bertz CT molecular complexity index is 533. The summed E-state index contributed by atoms with van der Waals surface area (Å²) >= 11 is 0. The van der Waals surface area contributed by atoms with Gasteiger partial charge in [0.1, 0.15) is 0 Å². The van der Waals surface area contributed by atoms with Crippen molar-refractivity contribution in [2.24, 2.45) is 5.92 Å². The zero-order valence-electron chi connectivity index (χ0n) is 12.9. The van der Waals surface area contributed by atoms with Crippen molar-refractivity contribution in [3.8, 4) is 0 Å². The zero-order chi connectivity index (χ0) is 14.3. The van der Waals surface area contributed by atoms with Gasteiger partial charge in [-0.05, 0) is 61.5 Å². The Balaban J connectivity index is 0.00000176. The Labute approximate surface area is 139 Å². The van der Waals surface area contributed by atoms with Gasteiger partial charge >= 0.3 is 0 Å². The number of hydrogen-bond acceptors (Lipinski definition) is 2. The van der Waals surface area contributed by atoms with Crippen molar-refractivity contribution in [1.82, 2.24) is 5.32 Å². The van der Waals surface area contributed by atoms with E-state index in [2.05, 4.69) is 65.2 Å². The molecule has 3 heteroatoms. The van der Waals surface area contributed by atoms with Crippen LogP contribution >= 0.6 is 12.4 Å². The van der Waals surface area contributed by atoms with Crippen LogP contribution in [0.5, 0.6) is 0 Å². The Morgan fingerprint density at radius 1 is 0.864 bits per heavy atom. The molecule has 1 fully saturated rings. The Morgan fingerprint density at radius 3 is 2.23 bits per heavy atom. The molecular weight excluding hydrogens is 292 g/mol. The predicted octanol–water partition coefficient (Wildman–Crippen LogP) is 4.26. The van der Waals surface area contributed by atoms with E-state index in [1.807, 2.05) is 0 Å². The van der Waals surface area contributed by atoms with E-state index in [-0.39, 0.29) is 12.4 Å². The second-order valence-electron chi connectivity index (χ2n) is 5.93. The van der Waals surface area contributed by atoms with Crippen molar-refractivity contribution < 1.29 is 0 Å². The molecule has 0 spiro atoms. The lowest BCUT2D eigenvalue weighted by Gasteiger charge is -2.22. The minimum Gasteiger partial charge on any atom is -0.381 e. The maximum Gasteiger partial charge on any atom is 0.0400 e. The maximum absolute atomic E-state index is 3.48. The van der Waals surface area contributed by atoms with E-state index >= 15 is 0 Å². The zero-order valence-corrected chi connectivity index (χ0v) is 13.7. The lowest BCUT2D eigenvalue weighted by Crippen LogP contribution is -2.28. The van der Waals surface area contributed by atoms with Crippen molar-refractivity contribution in [2.75, 3.05) is 18.4 Å².